The van der Waals surface area contributed by atoms with Crippen LogP contribution in [-0.4, -0.2) is 19.4 Å². The van der Waals surface area contributed by atoms with Crippen molar-refractivity contribution in [1.29, 1.82) is 0 Å². The van der Waals surface area contributed by atoms with E-state index in [0.717, 1.165) is 5.56 Å². The Bertz CT molecular complexity index is 597. The smallest absolute Gasteiger partial charge is 0.309 e. The fourth-order valence-electron chi connectivity index (χ4n) is 2.17. The number of hydrogen-bond acceptors (Lipinski definition) is 2. The molecule has 0 amide bonds. The van der Waals surface area contributed by atoms with Crippen LogP contribution in [0.5, 0.6) is 0 Å². The predicted octanol–water partition coefficient (Wildman–Crippen LogP) is 5.52. The first-order valence-corrected chi connectivity index (χ1v) is 11.4. The van der Waals surface area contributed by atoms with Crippen LogP contribution in [0.15, 0.2) is 24.3 Å². The van der Waals surface area contributed by atoms with Crippen LogP contribution in [0.4, 0.5) is 0 Å². The Balaban J connectivity index is 3.27. The molecule has 0 spiro atoms. The summed E-state index contributed by atoms with van der Waals surface area (Å²) in [5.41, 5.74) is 0.827. The summed E-state index contributed by atoms with van der Waals surface area (Å²) in [5, 5.41) is 10.3. The molecule has 0 saturated carbocycles. The molecular weight excluding hydrogens is 340 g/mol. The first-order chi connectivity index (χ1) is 11.0. The zero-order chi connectivity index (χ0) is 18.5. The molecule has 0 aliphatic carbocycles. The molecular formula is C19H27ClO3Si. The van der Waals surface area contributed by atoms with Gasteiger partial charge in [0.15, 0.2) is 8.32 Å². The van der Waals surface area contributed by atoms with Gasteiger partial charge in [-0.25, -0.2) is 0 Å². The average molecular weight is 367 g/mol. The highest BCUT2D eigenvalue weighted by Crippen LogP contribution is 2.42. The molecule has 0 saturated heterocycles. The van der Waals surface area contributed by atoms with Gasteiger partial charge in [0.2, 0.25) is 0 Å². The van der Waals surface area contributed by atoms with Crippen LogP contribution in [-0.2, 0) is 9.22 Å². The fourth-order valence-corrected chi connectivity index (χ4v) is 3.59. The van der Waals surface area contributed by atoms with E-state index in [1.165, 1.54) is 0 Å². The van der Waals surface area contributed by atoms with Crippen LogP contribution < -0.4 is 0 Å². The maximum Gasteiger partial charge on any atom is 0.309 e. The van der Waals surface area contributed by atoms with E-state index in [-0.39, 0.29) is 5.04 Å². The summed E-state index contributed by atoms with van der Waals surface area (Å²) in [7, 11) is -2.16. The predicted molar refractivity (Wildman–Crippen MR) is 102 cm³/mol. The second-order valence-corrected chi connectivity index (χ2v) is 12.7. The van der Waals surface area contributed by atoms with Crippen LogP contribution in [0.1, 0.15) is 45.3 Å². The lowest BCUT2D eigenvalue weighted by Gasteiger charge is -2.41. The molecule has 1 N–H and O–H groups in total. The van der Waals surface area contributed by atoms with Crippen molar-refractivity contribution in [3.8, 4) is 12.3 Å². The number of terminal acetylenes is 1. The van der Waals surface area contributed by atoms with Crippen LogP contribution in [0.2, 0.25) is 23.2 Å². The van der Waals surface area contributed by atoms with E-state index in [4.69, 9.17) is 22.5 Å². The summed E-state index contributed by atoms with van der Waals surface area (Å²) >= 11 is 5.97. The highest BCUT2D eigenvalue weighted by Gasteiger charge is 2.42. The lowest BCUT2D eigenvalue weighted by molar-refractivity contribution is -0.145. The van der Waals surface area contributed by atoms with Crippen LogP contribution in [0.3, 0.4) is 0 Å². The van der Waals surface area contributed by atoms with E-state index in [9.17, 15) is 9.90 Å². The molecule has 1 rings (SSSR count). The third kappa shape index (κ3) is 5.37. The molecule has 0 fully saturated rings. The molecule has 1 aromatic carbocycles. The molecule has 0 aliphatic rings. The Morgan fingerprint density at radius 1 is 1.33 bits per heavy atom. The largest absolute Gasteiger partial charge is 0.481 e. The Kier molecular flexibility index (Phi) is 7.09. The Morgan fingerprint density at radius 2 is 1.88 bits per heavy atom. The summed E-state index contributed by atoms with van der Waals surface area (Å²) in [5.74, 6) is 0.964. The van der Waals surface area contributed by atoms with E-state index in [2.05, 4.69) is 39.8 Å². The zero-order valence-electron chi connectivity index (χ0n) is 15.1. The number of aliphatic carboxylic acids is 1. The molecule has 3 nitrogen and oxygen atoms in total. The van der Waals surface area contributed by atoms with Crippen molar-refractivity contribution < 1.29 is 14.3 Å². The maximum atomic E-state index is 11.9. The molecule has 0 aliphatic heterocycles. The summed E-state index contributed by atoms with van der Waals surface area (Å²) in [6.07, 6.45) is 5.59. The Morgan fingerprint density at radius 3 is 2.29 bits per heavy atom. The lowest BCUT2D eigenvalue weighted by Crippen LogP contribution is -2.44. The van der Waals surface area contributed by atoms with Gasteiger partial charge in [-0.1, -0.05) is 44.5 Å². The van der Waals surface area contributed by atoms with Crippen molar-refractivity contribution >= 4 is 25.9 Å². The monoisotopic (exact) mass is 366 g/mol. The number of hydrogen-bond donors (Lipinski definition) is 1. The van der Waals surface area contributed by atoms with Gasteiger partial charge in [-0.15, -0.1) is 12.3 Å². The number of carbonyl (C=O) groups is 1. The molecule has 2 unspecified atom stereocenters. The van der Waals surface area contributed by atoms with Crippen molar-refractivity contribution in [3.05, 3.63) is 34.9 Å². The minimum atomic E-state index is -2.16. The third-order valence-corrected chi connectivity index (χ3v) is 9.42. The van der Waals surface area contributed by atoms with E-state index in [0.29, 0.717) is 17.9 Å². The van der Waals surface area contributed by atoms with Crippen LogP contribution >= 0.6 is 11.6 Å². The number of rotatable bonds is 7. The minimum absolute atomic E-state index is 0.0210. The molecule has 24 heavy (non-hydrogen) atoms. The standard InChI is InChI=1S/C19H27ClO3Si/c1-7-8-9-16(18(21)22)17(14-10-12-15(20)13-11-14)23-24(5,6)19(2,3)4/h1,10-13,16-17H,8-9H2,2-6H3,(H,21,22). The van der Waals surface area contributed by atoms with Crippen LogP contribution in [0, 0.1) is 18.3 Å². The van der Waals surface area contributed by atoms with E-state index >= 15 is 0 Å². The number of carboxylic acids is 1. The molecule has 0 bridgehead atoms. The minimum Gasteiger partial charge on any atom is -0.481 e. The molecule has 1 aromatic rings. The zero-order valence-corrected chi connectivity index (χ0v) is 16.9. The number of halogens is 1. The van der Waals surface area contributed by atoms with E-state index in [1.807, 2.05) is 12.1 Å². The van der Waals surface area contributed by atoms with Crippen LogP contribution in [0.25, 0.3) is 0 Å². The highest BCUT2D eigenvalue weighted by molar-refractivity contribution is 6.74. The topological polar surface area (TPSA) is 46.5 Å². The molecule has 0 radical (unpaired) electrons. The van der Waals surface area contributed by atoms with Crippen molar-refractivity contribution in [3.63, 3.8) is 0 Å². The second kappa shape index (κ2) is 8.20. The molecule has 2 atom stereocenters. The first-order valence-electron chi connectivity index (χ1n) is 8.09. The lowest BCUT2D eigenvalue weighted by atomic mass is 9.92. The van der Waals surface area contributed by atoms with Gasteiger partial charge in [0, 0.05) is 11.4 Å². The first kappa shape index (κ1) is 20.8. The van der Waals surface area contributed by atoms with E-state index < -0.39 is 26.3 Å². The molecule has 132 valence electrons. The molecule has 0 aromatic heterocycles. The van der Waals surface area contributed by atoms with Crippen molar-refractivity contribution in [2.75, 3.05) is 0 Å². The van der Waals surface area contributed by atoms with E-state index in [1.54, 1.807) is 12.1 Å². The quantitative estimate of drug-likeness (QED) is 0.510. The summed E-state index contributed by atoms with van der Waals surface area (Å²) in [6, 6.07) is 7.20. The second-order valence-electron chi connectivity index (χ2n) is 7.54. The van der Waals surface area contributed by atoms with Gasteiger partial charge >= 0.3 is 5.97 Å². The molecule has 5 heteroatoms. The third-order valence-electron chi connectivity index (χ3n) is 4.71. The summed E-state index contributed by atoms with van der Waals surface area (Å²) < 4.78 is 6.50. The van der Waals surface area contributed by atoms with Gasteiger partial charge in [0.1, 0.15) is 0 Å². The van der Waals surface area contributed by atoms with Gasteiger partial charge in [-0.05, 0) is 42.2 Å². The normalized spacial score (nSPS) is 14.7. The van der Waals surface area contributed by atoms with Gasteiger partial charge in [-0.3, -0.25) is 4.79 Å². The van der Waals surface area contributed by atoms with Crippen molar-refractivity contribution in [2.45, 2.75) is 57.8 Å². The SMILES string of the molecule is C#CCCC(C(=O)O)C(O[Si](C)(C)C(C)(C)C)c1ccc(Cl)cc1. The Hall–Kier alpha value is -1.28. The summed E-state index contributed by atoms with van der Waals surface area (Å²) in [4.78, 5) is 11.9. The fraction of sp³-hybridized carbons (Fsp3) is 0.526. The summed E-state index contributed by atoms with van der Waals surface area (Å²) in [6.45, 7) is 10.6. The molecule has 0 heterocycles. The highest BCUT2D eigenvalue weighted by atomic mass is 35.5. The average Bonchev–Trinajstić information content (AvgIpc) is 2.45. The number of benzene rings is 1. The maximum absolute atomic E-state index is 11.9. The van der Waals surface area contributed by atoms with Gasteiger partial charge < -0.3 is 9.53 Å². The Labute approximate surface area is 151 Å². The van der Waals surface area contributed by atoms with Gasteiger partial charge in [0.05, 0.1) is 12.0 Å². The van der Waals surface area contributed by atoms with Gasteiger partial charge in [-0.2, -0.15) is 0 Å². The van der Waals surface area contributed by atoms with Crippen molar-refractivity contribution in [1.82, 2.24) is 0 Å². The van der Waals surface area contributed by atoms with Crippen molar-refractivity contribution in [2.24, 2.45) is 5.92 Å². The number of carboxylic acid groups (broad SMARTS) is 1. The van der Waals surface area contributed by atoms with Gasteiger partial charge in [0.25, 0.3) is 0 Å².